The summed E-state index contributed by atoms with van der Waals surface area (Å²) in [4.78, 5) is 12.2. The fourth-order valence-corrected chi connectivity index (χ4v) is 4.02. The monoisotopic (exact) mass is 454 g/mol. The van der Waals surface area contributed by atoms with Crippen LogP contribution in [0.1, 0.15) is 11.1 Å². The molecule has 0 unspecified atom stereocenters. The normalized spacial score (nSPS) is 11.2. The zero-order valence-electron chi connectivity index (χ0n) is 15.9. The van der Waals surface area contributed by atoms with Crippen molar-refractivity contribution in [3.05, 3.63) is 53.6 Å². The third-order valence-electron chi connectivity index (χ3n) is 3.73. The van der Waals surface area contributed by atoms with Crippen molar-refractivity contribution in [3.63, 3.8) is 0 Å². The summed E-state index contributed by atoms with van der Waals surface area (Å²) in [5.41, 5.74) is 3.41. The van der Waals surface area contributed by atoms with Crippen LogP contribution in [0.25, 0.3) is 0 Å². The van der Waals surface area contributed by atoms with Crippen molar-refractivity contribution in [1.82, 2.24) is 10.2 Å². The van der Waals surface area contributed by atoms with Gasteiger partial charge in [0.2, 0.25) is 11.0 Å². The Kier molecular flexibility index (Phi) is 6.83. The molecule has 0 saturated carbocycles. The number of aryl methyl sites for hydroxylation is 2. The van der Waals surface area contributed by atoms with E-state index in [0.717, 1.165) is 16.8 Å². The molecule has 0 atom stereocenters. The van der Waals surface area contributed by atoms with Crippen molar-refractivity contribution in [3.8, 4) is 5.75 Å². The number of thioether (sulfide) groups is 1. The number of benzene rings is 2. The summed E-state index contributed by atoms with van der Waals surface area (Å²) in [5, 5.41) is 14.2. The van der Waals surface area contributed by atoms with E-state index in [0.29, 0.717) is 15.2 Å². The molecule has 0 spiro atoms. The van der Waals surface area contributed by atoms with Crippen LogP contribution in [-0.2, 0) is 4.79 Å². The smallest absolute Gasteiger partial charge is 0.406 e. The van der Waals surface area contributed by atoms with Gasteiger partial charge in [-0.15, -0.1) is 23.4 Å². The lowest BCUT2D eigenvalue weighted by atomic mass is 10.1. The Morgan fingerprint density at radius 2 is 1.87 bits per heavy atom. The van der Waals surface area contributed by atoms with E-state index in [4.69, 9.17) is 0 Å². The molecule has 0 aliphatic carbocycles. The molecule has 3 rings (SSSR count). The van der Waals surface area contributed by atoms with Gasteiger partial charge in [0.05, 0.1) is 5.75 Å². The van der Waals surface area contributed by atoms with Crippen LogP contribution in [0.3, 0.4) is 0 Å². The molecule has 0 aliphatic heterocycles. The van der Waals surface area contributed by atoms with Gasteiger partial charge in [0.1, 0.15) is 5.75 Å². The van der Waals surface area contributed by atoms with Crippen LogP contribution < -0.4 is 15.4 Å². The maximum Gasteiger partial charge on any atom is 0.573 e. The number of hydrogen-bond donors (Lipinski definition) is 2. The topological polar surface area (TPSA) is 76.1 Å². The van der Waals surface area contributed by atoms with Gasteiger partial charge in [-0.2, -0.15) is 0 Å². The molecule has 2 aromatic carbocycles. The number of aromatic nitrogens is 2. The van der Waals surface area contributed by atoms with Crippen LogP contribution in [-0.4, -0.2) is 28.2 Å². The molecule has 158 valence electrons. The summed E-state index contributed by atoms with van der Waals surface area (Å²) in [6, 6.07) is 11.1. The van der Waals surface area contributed by atoms with Gasteiger partial charge >= 0.3 is 6.36 Å². The van der Waals surface area contributed by atoms with Crippen LogP contribution in [0.15, 0.2) is 46.8 Å². The first-order valence-electron chi connectivity index (χ1n) is 8.64. The van der Waals surface area contributed by atoms with E-state index in [1.807, 2.05) is 32.0 Å². The highest BCUT2D eigenvalue weighted by atomic mass is 32.2. The first-order valence-corrected chi connectivity index (χ1v) is 10.4. The number of alkyl halides is 3. The first-order chi connectivity index (χ1) is 14.2. The molecular formula is C19H17F3N4O2S2. The highest BCUT2D eigenvalue weighted by Gasteiger charge is 2.30. The van der Waals surface area contributed by atoms with Gasteiger partial charge in [0.15, 0.2) is 4.34 Å². The van der Waals surface area contributed by atoms with Gasteiger partial charge in [-0.25, -0.2) is 0 Å². The van der Waals surface area contributed by atoms with E-state index in [-0.39, 0.29) is 17.4 Å². The summed E-state index contributed by atoms with van der Waals surface area (Å²) >= 11 is 2.48. The minimum atomic E-state index is -4.73. The lowest BCUT2D eigenvalue weighted by Gasteiger charge is -2.09. The van der Waals surface area contributed by atoms with Crippen molar-refractivity contribution in [1.29, 1.82) is 0 Å². The number of nitrogens with zero attached hydrogens (tertiary/aromatic N) is 2. The van der Waals surface area contributed by atoms with Gasteiger partial charge in [-0.05, 0) is 49.7 Å². The molecule has 1 aromatic heterocycles. The third kappa shape index (κ3) is 6.63. The van der Waals surface area contributed by atoms with Crippen LogP contribution in [0.2, 0.25) is 0 Å². The maximum absolute atomic E-state index is 12.2. The molecule has 0 radical (unpaired) electrons. The fourth-order valence-electron chi connectivity index (χ4n) is 2.45. The molecule has 0 fully saturated rings. The van der Waals surface area contributed by atoms with Crippen molar-refractivity contribution in [2.75, 3.05) is 16.4 Å². The lowest BCUT2D eigenvalue weighted by Crippen LogP contribution is -2.16. The maximum atomic E-state index is 12.2. The Balaban J connectivity index is 1.50. The average molecular weight is 454 g/mol. The zero-order chi connectivity index (χ0) is 21.7. The number of ether oxygens (including phenoxy) is 1. The molecule has 2 N–H and O–H groups in total. The van der Waals surface area contributed by atoms with Crippen molar-refractivity contribution >= 4 is 45.5 Å². The standard InChI is InChI=1S/C19H17F3N4O2S2/c1-11-3-8-15(12(2)9-11)24-16(27)10-29-18-26-25-17(30-18)23-13-4-6-14(7-5-13)28-19(20,21)22/h3-9H,10H2,1-2H3,(H,23,25)(H,24,27). The van der Waals surface area contributed by atoms with Crippen molar-refractivity contribution in [2.24, 2.45) is 0 Å². The lowest BCUT2D eigenvalue weighted by molar-refractivity contribution is -0.274. The van der Waals surface area contributed by atoms with Crippen LogP contribution in [0, 0.1) is 13.8 Å². The summed E-state index contributed by atoms with van der Waals surface area (Å²) in [5.74, 6) is -0.292. The van der Waals surface area contributed by atoms with Crippen molar-refractivity contribution < 1.29 is 22.7 Å². The minimum Gasteiger partial charge on any atom is -0.406 e. The highest BCUT2D eigenvalue weighted by molar-refractivity contribution is 8.01. The summed E-state index contributed by atoms with van der Waals surface area (Å²) in [6.45, 7) is 3.92. The van der Waals surface area contributed by atoms with E-state index in [2.05, 4.69) is 25.6 Å². The predicted molar refractivity (Wildman–Crippen MR) is 112 cm³/mol. The molecule has 0 aliphatic rings. The quantitative estimate of drug-likeness (QED) is 0.458. The zero-order valence-corrected chi connectivity index (χ0v) is 17.5. The van der Waals surface area contributed by atoms with Gasteiger partial charge in [-0.3, -0.25) is 4.79 Å². The molecule has 6 nitrogen and oxygen atoms in total. The van der Waals surface area contributed by atoms with Gasteiger partial charge < -0.3 is 15.4 Å². The van der Waals surface area contributed by atoms with Gasteiger partial charge in [0.25, 0.3) is 0 Å². The summed E-state index contributed by atoms with van der Waals surface area (Å²) in [6.07, 6.45) is -4.73. The largest absolute Gasteiger partial charge is 0.573 e. The van der Waals surface area contributed by atoms with E-state index < -0.39 is 6.36 Å². The number of rotatable bonds is 7. The van der Waals surface area contributed by atoms with E-state index in [9.17, 15) is 18.0 Å². The first kappa shape index (κ1) is 21.9. The van der Waals surface area contributed by atoms with E-state index in [1.165, 1.54) is 47.4 Å². The SMILES string of the molecule is Cc1ccc(NC(=O)CSc2nnc(Nc3ccc(OC(F)(F)F)cc3)s2)c(C)c1. The van der Waals surface area contributed by atoms with E-state index >= 15 is 0 Å². The number of carbonyl (C=O) groups excluding carboxylic acids is 1. The Labute approximate surface area is 178 Å². The number of carbonyl (C=O) groups is 1. The predicted octanol–water partition coefficient (Wildman–Crippen LogP) is 5.53. The van der Waals surface area contributed by atoms with Gasteiger partial charge in [-0.1, -0.05) is 40.8 Å². The number of amides is 1. The summed E-state index contributed by atoms with van der Waals surface area (Å²) in [7, 11) is 0. The fraction of sp³-hybridized carbons (Fsp3) is 0.211. The Morgan fingerprint density at radius 1 is 1.13 bits per heavy atom. The molecular weight excluding hydrogens is 437 g/mol. The molecule has 30 heavy (non-hydrogen) atoms. The number of nitrogens with one attached hydrogen (secondary N) is 2. The van der Waals surface area contributed by atoms with E-state index in [1.54, 1.807) is 0 Å². The second-order valence-electron chi connectivity index (χ2n) is 6.23. The Morgan fingerprint density at radius 3 is 2.53 bits per heavy atom. The minimum absolute atomic E-state index is 0.156. The van der Waals surface area contributed by atoms with Crippen molar-refractivity contribution in [2.45, 2.75) is 24.5 Å². The highest BCUT2D eigenvalue weighted by Crippen LogP contribution is 2.29. The number of anilines is 3. The molecule has 1 amide bonds. The number of hydrogen-bond acceptors (Lipinski definition) is 7. The van der Waals surface area contributed by atoms with Crippen LogP contribution in [0.5, 0.6) is 5.75 Å². The Bertz CT molecular complexity index is 1020. The Hall–Kier alpha value is -2.79. The second-order valence-corrected chi connectivity index (χ2v) is 8.43. The molecule has 1 heterocycles. The van der Waals surface area contributed by atoms with Crippen LogP contribution in [0.4, 0.5) is 29.7 Å². The summed E-state index contributed by atoms with van der Waals surface area (Å²) < 4.78 is 41.0. The molecule has 0 bridgehead atoms. The molecule has 11 heteroatoms. The molecule has 0 saturated heterocycles. The van der Waals surface area contributed by atoms with Gasteiger partial charge in [0, 0.05) is 11.4 Å². The molecule has 3 aromatic rings. The second kappa shape index (κ2) is 9.35. The number of halogens is 3. The average Bonchev–Trinajstić information content (AvgIpc) is 3.10. The van der Waals surface area contributed by atoms with Crippen LogP contribution >= 0.6 is 23.1 Å². The third-order valence-corrected chi connectivity index (χ3v) is 5.70.